The number of aromatic nitrogens is 2. The van der Waals surface area contributed by atoms with Gasteiger partial charge in [-0.05, 0) is 24.3 Å². The zero-order valence-corrected chi connectivity index (χ0v) is 13.0. The molecule has 0 unspecified atom stereocenters. The van der Waals surface area contributed by atoms with Crippen molar-refractivity contribution in [3.8, 4) is 0 Å². The van der Waals surface area contributed by atoms with Crippen molar-refractivity contribution in [2.45, 2.75) is 13.0 Å². The smallest absolute Gasteiger partial charge is 0.272 e. The van der Waals surface area contributed by atoms with E-state index in [1.807, 2.05) is 0 Å². The second-order valence-corrected chi connectivity index (χ2v) is 5.51. The molecule has 2 amide bonds. The van der Waals surface area contributed by atoms with Crippen LogP contribution in [0.25, 0.3) is 0 Å². The molecule has 2 N–H and O–H groups in total. The van der Waals surface area contributed by atoms with E-state index >= 15 is 0 Å². The Morgan fingerprint density at radius 3 is 2.83 bits per heavy atom. The summed E-state index contributed by atoms with van der Waals surface area (Å²) in [5.41, 5.74) is 2.30. The van der Waals surface area contributed by atoms with Gasteiger partial charge in [-0.1, -0.05) is 6.08 Å². The van der Waals surface area contributed by atoms with E-state index in [0.717, 1.165) is 11.3 Å². The topological polar surface area (TPSA) is 78.1 Å². The van der Waals surface area contributed by atoms with Crippen molar-refractivity contribution in [2.75, 3.05) is 13.1 Å². The van der Waals surface area contributed by atoms with Crippen molar-refractivity contribution in [3.05, 3.63) is 65.3 Å². The molecule has 24 heavy (non-hydrogen) atoms. The summed E-state index contributed by atoms with van der Waals surface area (Å²) in [6.45, 7) is 4.70. The van der Waals surface area contributed by atoms with Crippen LogP contribution in [0.2, 0.25) is 0 Å². The van der Waals surface area contributed by atoms with Gasteiger partial charge in [0.15, 0.2) is 5.69 Å². The third-order valence-corrected chi connectivity index (χ3v) is 3.93. The highest BCUT2D eigenvalue weighted by atomic mass is 19.1. The molecule has 1 aromatic heterocycles. The van der Waals surface area contributed by atoms with Gasteiger partial charge in [-0.25, -0.2) is 4.39 Å². The molecule has 0 saturated heterocycles. The third-order valence-electron chi connectivity index (χ3n) is 3.93. The van der Waals surface area contributed by atoms with Gasteiger partial charge in [-0.2, -0.15) is 5.10 Å². The molecule has 1 aromatic carbocycles. The lowest BCUT2D eigenvalue weighted by Gasteiger charge is -2.27. The van der Waals surface area contributed by atoms with Crippen LogP contribution < -0.4 is 5.32 Å². The predicted molar refractivity (Wildman–Crippen MR) is 86.0 cm³/mol. The largest absolute Gasteiger partial charge is 0.347 e. The van der Waals surface area contributed by atoms with Crippen LogP contribution >= 0.6 is 0 Å². The summed E-state index contributed by atoms with van der Waals surface area (Å²) >= 11 is 0. The van der Waals surface area contributed by atoms with Gasteiger partial charge in [0.2, 0.25) is 0 Å². The first-order valence-electron chi connectivity index (χ1n) is 7.60. The molecule has 2 aromatic rings. The summed E-state index contributed by atoms with van der Waals surface area (Å²) in [4.78, 5) is 26.3. The highest BCUT2D eigenvalue weighted by Gasteiger charge is 2.28. The van der Waals surface area contributed by atoms with E-state index < -0.39 is 0 Å². The number of halogens is 1. The first-order valence-corrected chi connectivity index (χ1v) is 7.60. The summed E-state index contributed by atoms with van der Waals surface area (Å²) in [5, 5.41) is 9.62. The van der Waals surface area contributed by atoms with E-state index in [9.17, 15) is 14.0 Å². The second-order valence-electron chi connectivity index (χ2n) is 5.51. The van der Waals surface area contributed by atoms with E-state index in [1.165, 1.54) is 24.3 Å². The van der Waals surface area contributed by atoms with E-state index in [1.54, 1.807) is 11.0 Å². The minimum Gasteiger partial charge on any atom is -0.347 e. The third kappa shape index (κ3) is 3.05. The minimum absolute atomic E-state index is 0.195. The average molecular weight is 328 g/mol. The number of benzene rings is 1. The summed E-state index contributed by atoms with van der Waals surface area (Å²) in [5.74, 6) is -0.883. The van der Waals surface area contributed by atoms with Gasteiger partial charge in [0.1, 0.15) is 5.82 Å². The van der Waals surface area contributed by atoms with Crippen LogP contribution in [-0.2, 0) is 13.0 Å². The van der Waals surface area contributed by atoms with Crippen LogP contribution in [-0.4, -0.2) is 40.0 Å². The van der Waals surface area contributed by atoms with Gasteiger partial charge < -0.3 is 10.2 Å². The van der Waals surface area contributed by atoms with E-state index in [-0.39, 0.29) is 17.6 Å². The number of nitrogens with one attached hydrogen (secondary N) is 2. The number of fused-ring (bicyclic) bond motifs is 1. The fourth-order valence-electron chi connectivity index (χ4n) is 2.68. The van der Waals surface area contributed by atoms with Gasteiger partial charge >= 0.3 is 0 Å². The van der Waals surface area contributed by atoms with Crippen molar-refractivity contribution in [3.63, 3.8) is 0 Å². The van der Waals surface area contributed by atoms with Crippen LogP contribution in [0.1, 0.15) is 32.1 Å². The van der Waals surface area contributed by atoms with E-state index in [4.69, 9.17) is 0 Å². The van der Waals surface area contributed by atoms with Crippen LogP contribution in [0.3, 0.4) is 0 Å². The Morgan fingerprint density at radius 1 is 1.38 bits per heavy atom. The number of hydrogen-bond acceptors (Lipinski definition) is 3. The lowest BCUT2D eigenvalue weighted by atomic mass is 10.0. The van der Waals surface area contributed by atoms with Crippen molar-refractivity contribution >= 4 is 11.8 Å². The van der Waals surface area contributed by atoms with Gasteiger partial charge in [0, 0.05) is 36.3 Å². The van der Waals surface area contributed by atoms with Crippen molar-refractivity contribution in [1.29, 1.82) is 0 Å². The molecule has 0 radical (unpaired) electrons. The molecule has 0 bridgehead atoms. The predicted octanol–water partition coefficient (Wildman–Crippen LogP) is 1.66. The van der Waals surface area contributed by atoms with Crippen molar-refractivity contribution in [1.82, 2.24) is 20.4 Å². The molecule has 0 atom stereocenters. The quantitative estimate of drug-likeness (QED) is 0.838. The Labute approximate surface area is 138 Å². The zero-order valence-electron chi connectivity index (χ0n) is 13.0. The SMILES string of the molecule is C=CCNC(=O)c1n[nH]c2c1CN(C(=O)c1ccc(F)cc1)CC2. The number of hydrogen-bond donors (Lipinski definition) is 2. The maximum atomic E-state index is 13.0. The molecule has 124 valence electrons. The Morgan fingerprint density at radius 2 is 2.12 bits per heavy atom. The number of nitrogens with zero attached hydrogens (tertiary/aromatic N) is 2. The number of aromatic amines is 1. The van der Waals surface area contributed by atoms with Crippen molar-refractivity contribution in [2.24, 2.45) is 0 Å². The molecule has 1 aliphatic rings. The summed E-state index contributed by atoms with van der Waals surface area (Å²) < 4.78 is 13.0. The molecular formula is C17H17FN4O2. The molecular weight excluding hydrogens is 311 g/mol. The van der Waals surface area contributed by atoms with E-state index in [0.29, 0.717) is 37.3 Å². The number of H-pyrrole nitrogens is 1. The number of carbonyl (C=O) groups excluding carboxylic acids is 2. The minimum atomic E-state index is -0.386. The normalized spacial score (nSPS) is 13.3. The Balaban J connectivity index is 1.79. The molecule has 2 heterocycles. The van der Waals surface area contributed by atoms with Gasteiger partial charge in [0.25, 0.3) is 11.8 Å². The lowest BCUT2D eigenvalue weighted by molar-refractivity contribution is 0.0731. The number of rotatable bonds is 4. The monoisotopic (exact) mass is 328 g/mol. The van der Waals surface area contributed by atoms with E-state index in [2.05, 4.69) is 22.1 Å². The van der Waals surface area contributed by atoms with Crippen LogP contribution in [0.15, 0.2) is 36.9 Å². The van der Waals surface area contributed by atoms with Gasteiger partial charge in [-0.15, -0.1) is 6.58 Å². The molecule has 1 aliphatic heterocycles. The number of carbonyl (C=O) groups is 2. The zero-order chi connectivity index (χ0) is 17.1. The molecule has 6 nitrogen and oxygen atoms in total. The van der Waals surface area contributed by atoms with Crippen LogP contribution in [0.5, 0.6) is 0 Å². The molecule has 0 aliphatic carbocycles. The fourth-order valence-corrected chi connectivity index (χ4v) is 2.68. The molecule has 3 rings (SSSR count). The fraction of sp³-hybridized carbons (Fsp3) is 0.235. The summed E-state index contributed by atoms with van der Waals surface area (Å²) in [7, 11) is 0. The Bertz CT molecular complexity index is 782. The summed E-state index contributed by atoms with van der Waals surface area (Å²) in [6.07, 6.45) is 2.17. The summed E-state index contributed by atoms with van der Waals surface area (Å²) in [6, 6.07) is 5.43. The van der Waals surface area contributed by atoms with Crippen LogP contribution in [0, 0.1) is 5.82 Å². The van der Waals surface area contributed by atoms with Crippen LogP contribution in [0.4, 0.5) is 4.39 Å². The van der Waals surface area contributed by atoms with Crippen molar-refractivity contribution < 1.29 is 14.0 Å². The number of amides is 2. The highest BCUT2D eigenvalue weighted by Crippen LogP contribution is 2.22. The molecule has 0 saturated carbocycles. The molecule has 0 fully saturated rings. The Kier molecular flexibility index (Phi) is 4.41. The lowest BCUT2D eigenvalue weighted by Crippen LogP contribution is -2.37. The second kappa shape index (κ2) is 6.66. The highest BCUT2D eigenvalue weighted by molar-refractivity contribution is 5.96. The average Bonchev–Trinajstić information content (AvgIpc) is 3.03. The first-order chi connectivity index (χ1) is 11.6. The van der Waals surface area contributed by atoms with Gasteiger partial charge in [-0.3, -0.25) is 14.7 Å². The first kappa shape index (κ1) is 15.9. The molecule has 7 heteroatoms. The maximum Gasteiger partial charge on any atom is 0.272 e. The Hall–Kier alpha value is -2.96. The molecule has 0 spiro atoms. The maximum absolute atomic E-state index is 13.0. The van der Waals surface area contributed by atoms with Gasteiger partial charge in [0.05, 0.1) is 6.54 Å². The standard InChI is InChI=1S/C17H17FN4O2/c1-2-8-19-16(23)15-13-10-22(9-7-14(13)20-21-15)17(24)11-3-5-12(18)6-4-11/h2-6H,1,7-10H2,(H,19,23)(H,20,21).